The van der Waals surface area contributed by atoms with Crippen molar-refractivity contribution in [3.05, 3.63) is 35.9 Å². The number of nitrogens with one attached hydrogen (secondary N) is 2. The summed E-state index contributed by atoms with van der Waals surface area (Å²) in [6, 6.07) is 7.08. The summed E-state index contributed by atoms with van der Waals surface area (Å²) in [7, 11) is 0. The van der Waals surface area contributed by atoms with Gasteiger partial charge in [-0.1, -0.05) is 62.4 Å². The predicted octanol–water partition coefficient (Wildman–Crippen LogP) is 2.07. The number of aliphatic hydroxyl groups is 1. The molecular formula is C31H45N3O9. The summed E-state index contributed by atoms with van der Waals surface area (Å²) in [5.74, 6) is -1.74. The Kier molecular flexibility index (Phi) is 13.1. The van der Waals surface area contributed by atoms with Crippen LogP contribution in [0.3, 0.4) is 0 Å². The van der Waals surface area contributed by atoms with Crippen molar-refractivity contribution in [1.82, 2.24) is 15.5 Å². The maximum atomic E-state index is 13.5. The van der Waals surface area contributed by atoms with Crippen molar-refractivity contribution in [2.24, 2.45) is 5.92 Å². The number of aliphatic hydroxyl groups excluding tert-OH is 1. The topological polar surface area (TPSA) is 153 Å². The lowest BCUT2D eigenvalue weighted by Gasteiger charge is -2.33. The molecule has 1 aromatic rings. The molecule has 3 aliphatic rings. The first-order valence-electron chi connectivity index (χ1n) is 15.5. The molecule has 4 rings (SSSR count). The number of nitrogens with zero attached hydrogens (tertiary/aromatic N) is 1. The lowest BCUT2D eigenvalue weighted by molar-refractivity contribution is -0.164. The molecule has 238 valence electrons. The maximum absolute atomic E-state index is 13.5. The van der Waals surface area contributed by atoms with Gasteiger partial charge in [0.25, 0.3) is 0 Å². The number of carbonyl (C=O) groups excluding carboxylic acids is 4. The Morgan fingerprint density at radius 1 is 1.00 bits per heavy atom. The molecule has 0 spiro atoms. The average molecular weight is 604 g/mol. The van der Waals surface area contributed by atoms with E-state index in [0.29, 0.717) is 39.3 Å². The van der Waals surface area contributed by atoms with Crippen molar-refractivity contribution >= 4 is 23.9 Å². The van der Waals surface area contributed by atoms with Crippen molar-refractivity contribution in [3.63, 3.8) is 0 Å². The molecule has 43 heavy (non-hydrogen) atoms. The Balaban J connectivity index is 1.46. The van der Waals surface area contributed by atoms with E-state index in [-0.39, 0.29) is 38.4 Å². The molecule has 1 aromatic carbocycles. The molecule has 2 saturated heterocycles. The molecule has 0 radical (unpaired) electrons. The van der Waals surface area contributed by atoms with Gasteiger partial charge >= 0.3 is 18.0 Å². The third-order valence-electron chi connectivity index (χ3n) is 8.27. The number of morpholine rings is 1. The van der Waals surface area contributed by atoms with Gasteiger partial charge in [-0.2, -0.15) is 0 Å². The molecule has 0 bridgehead atoms. The number of hydrogen-bond donors (Lipinski definition) is 3. The molecule has 12 nitrogen and oxygen atoms in total. The SMILES string of the molecule is O=C1CCC(CN2CCOCC2)OC(=O)[C@H](O)[C@H](CC2CCCCC2)NC(=O)[C@@H](NC(=O)OCc2ccccc2)CCO1. The second-order valence-electron chi connectivity index (χ2n) is 11.6. The fourth-order valence-electron chi connectivity index (χ4n) is 5.81. The summed E-state index contributed by atoms with van der Waals surface area (Å²) < 4.78 is 21.8. The monoisotopic (exact) mass is 603 g/mol. The highest BCUT2D eigenvalue weighted by Crippen LogP contribution is 2.28. The van der Waals surface area contributed by atoms with Crippen LogP contribution < -0.4 is 10.6 Å². The summed E-state index contributed by atoms with van der Waals surface area (Å²) in [6.45, 7) is 2.76. The van der Waals surface area contributed by atoms with Crippen LogP contribution in [0, 0.1) is 5.92 Å². The Hall–Kier alpha value is -3.22. The van der Waals surface area contributed by atoms with Crippen LogP contribution in [0.1, 0.15) is 63.4 Å². The summed E-state index contributed by atoms with van der Waals surface area (Å²) in [5, 5.41) is 16.6. The zero-order chi connectivity index (χ0) is 30.4. The first kappa shape index (κ1) is 32.7. The molecule has 3 N–H and O–H groups in total. The van der Waals surface area contributed by atoms with E-state index in [1.807, 2.05) is 30.3 Å². The molecule has 0 aromatic heterocycles. The van der Waals surface area contributed by atoms with E-state index in [1.54, 1.807) is 0 Å². The Labute approximate surface area is 252 Å². The third kappa shape index (κ3) is 11.1. The normalized spacial score (nSPS) is 27.2. The number of ether oxygens (including phenoxy) is 4. The van der Waals surface area contributed by atoms with E-state index in [4.69, 9.17) is 18.9 Å². The van der Waals surface area contributed by atoms with E-state index < -0.39 is 48.2 Å². The second kappa shape index (κ2) is 17.2. The highest BCUT2D eigenvalue weighted by atomic mass is 16.6. The van der Waals surface area contributed by atoms with Gasteiger partial charge in [0.1, 0.15) is 18.8 Å². The van der Waals surface area contributed by atoms with Gasteiger partial charge in [-0.15, -0.1) is 0 Å². The Morgan fingerprint density at radius 3 is 2.49 bits per heavy atom. The van der Waals surface area contributed by atoms with E-state index in [1.165, 1.54) is 0 Å². The smallest absolute Gasteiger partial charge is 0.408 e. The number of esters is 2. The molecule has 2 heterocycles. The number of amides is 2. The van der Waals surface area contributed by atoms with E-state index >= 15 is 0 Å². The van der Waals surface area contributed by atoms with Crippen LogP contribution in [0.5, 0.6) is 0 Å². The van der Waals surface area contributed by atoms with Crippen LogP contribution in [-0.2, 0) is 39.9 Å². The zero-order valence-corrected chi connectivity index (χ0v) is 24.7. The summed E-state index contributed by atoms with van der Waals surface area (Å²) in [6.07, 6.45) is 2.66. The molecular weight excluding hydrogens is 558 g/mol. The summed E-state index contributed by atoms with van der Waals surface area (Å²) >= 11 is 0. The first-order chi connectivity index (χ1) is 20.9. The summed E-state index contributed by atoms with van der Waals surface area (Å²) in [4.78, 5) is 54.0. The van der Waals surface area contributed by atoms with Gasteiger partial charge in [-0.05, 0) is 24.3 Å². The molecule has 2 amide bonds. The number of alkyl carbamates (subject to hydrolysis) is 1. The second-order valence-corrected chi connectivity index (χ2v) is 11.6. The van der Waals surface area contributed by atoms with Crippen molar-refractivity contribution in [3.8, 4) is 0 Å². The third-order valence-corrected chi connectivity index (χ3v) is 8.27. The van der Waals surface area contributed by atoms with Crippen LogP contribution in [0.15, 0.2) is 30.3 Å². The molecule has 2 aliphatic heterocycles. The number of hydrogen-bond acceptors (Lipinski definition) is 10. The number of cyclic esters (lactones) is 2. The lowest BCUT2D eigenvalue weighted by Crippen LogP contribution is -2.55. The number of carbonyl (C=O) groups is 4. The van der Waals surface area contributed by atoms with Crippen LogP contribution in [0.4, 0.5) is 4.79 Å². The van der Waals surface area contributed by atoms with Gasteiger partial charge in [0.2, 0.25) is 5.91 Å². The lowest BCUT2D eigenvalue weighted by atomic mass is 9.83. The van der Waals surface area contributed by atoms with Crippen LogP contribution in [0.25, 0.3) is 0 Å². The average Bonchev–Trinajstić information content (AvgIpc) is 3.02. The minimum Gasteiger partial charge on any atom is -0.466 e. The number of benzene rings is 1. The van der Waals surface area contributed by atoms with Gasteiger partial charge in [0.15, 0.2) is 6.10 Å². The molecule has 4 atom stereocenters. The van der Waals surface area contributed by atoms with Crippen LogP contribution in [0.2, 0.25) is 0 Å². The van der Waals surface area contributed by atoms with E-state index in [0.717, 1.165) is 37.7 Å². The van der Waals surface area contributed by atoms with Gasteiger partial charge in [-0.25, -0.2) is 9.59 Å². The van der Waals surface area contributed by atoms with Gasteiger partial charge in [-0.3, -0.25) is 14.5 Å². The minimum atomic E-state index is -1.61. The molecule has 1 aliphatic carbocycles. The van der Waals surface area contributed by atoms with Crippen molar-refractivity contribution in [2.75, 3.05) is 39.5 Å². The first-order valence-corrected chi connectivity index (χ1v) is 15.5. The van der Waals surface area contributed by atoms with E-state index in [9.17, 15) is 24.3 Å². The highest BCUT2D eigenvalue weighted by Gasteiger charge is 2.35. The fraction of sp³-hybridized carbons (Fsp3) is 0.677. The highest BCUT2D eigenvalue weighted by molar-refractivity contribution is 5.86. The molecule has 1 unspecified atom stereocenters. The van der Waals surface area contributed by atoms with Crippen LogP contribution in [-0.4, -0.2) is 97.7 Å². The van der Waals surface area contributed by atoms with Crippen LogP contribution >= 0.6 is 0 Å². The van der Waals surface area contributed by atoms with Crippen molar-refractivity contribution in [1.29, 1.82) is 0 Å². The van der Waals surface area contributed by atoms with Crippen molar-refractivity contribution < 1.29 is 43.2 Å². The Bertz CT molecular complexity index is 1040. The minimum absolute atomic E-state index is 0.00665. The Morgan fingerprint density at radius 2 is 1.74 bits per heavy atom. The number of rotatable bonds is 7. The fourth-order valence-corrected chi connectivity index (χ4v) is 5.81. The van der Waals surface area contributed by atoms with Crippen molar-refractivity contribution in [2.45, 2.75) is 88.7 Å². The standard InChI is InChI=1S/C31H45N3O9/c35-27-12-11-24(20-34-14-17-40-18-15-34)43-30(38)28(36)26(19-22-7-3-1-4-8-22)32-29(37)25(13-16-41-27)33-31(39)42-21-23-9-5-2-6-10-23/h2,5-6,9-10,22,24-26,28,36H,1,3-4,7-8,11-21H2,(H,32,37)(H,33,39)/t24?,25-,26-,28+/m0/s1. The van der Waals surface area contributed by atoms with Gasteiger partial charge < -0.3 is 34.7 Å². The zero-order valence-electron chi connectivity index (χ0n) is 24.7. The largest absolute Gasteiger partial charge is 0.466 e. The predicted molar refractivity (Wildman–Crippen MR) is 155 cm³/mol. The summed E-state index contributed by atoms with van der Waals surface area (Å²) in [5.41, 5.74) is 0.781. The van der Waals surface area contributed by atoms with Gasteiger partial charge in [0, 0.05) is 32.5 Å². The maximum Gasteiger partial charge on any atom is 0.408 e. The van der Waals surface area contributed by atoms with Gasteiger partial charge in [0.05, 0.1) is 25.9 Å². The molecule has 3 fully saturated rings. The molecule has 1 saturated carbocycles. The molecule has 12 heteroatoms. The quantitative estimate of drug-likeness (QED) is 0.312. The van der Waals surface area contributed by atoms with E-state index in [2.05, 4.69) is 15.5 Å².